The Morgan fingerprint density at radius 1 is 1.39 bits per heavy atom. The number of nitrogens with zero attached hydrogens (tertiary/aromatic N) is 3. The Bertz CT molecular complexity index is 528. The summed E-state index contributed by atoms with van der Waals surface area (Å²) >= 11 is 0. The molecule has 0 radical (unpaired) electrons. The maximum Gasteiger partial charge on any atom is 0.410 e. The molecule has 5 nitrogen and oxygen atoms in total. The third-order valence-electron chi connectivity index (χ3n) is 3.89. The molecular formula is C17H26FN3O2. The van der Waals surface area contributed by atoms with Gasteiger partial charge in [-0.25, -0.2) is 9.78 Å². The van der Waals surface area contributed by atoms with Gasteiger partial charge in [0.25, 0.3) is 0 Å². The first-order chi connectivity index (χ1) is 10.7. The van der Waals surface area contributed by atoms with Gasteiger partial charge in [0.2, 0.25) is 5.95 Å². The van der Waals surface area contributed by atoms with Crippen molar-refractivity contribution in [3.05, 3.63) is 29.8 Å². The minimum absolute atomic E-state index is 0.244. The highest BCUT2D eigenvalue weighted by molar-refractivity contribution is 5.68. The van der Waals surface area contributed by atoms with E-state index in [0.29, 0.717) is 13.1 Å². The molecule has 128 valence electrons. The topological polar surface area (TPSA) is 45.7 Å². The van der Waals surface area contributed by atoms with Crippen molar-refractivity contribution in [1.29, 1.82) is 0 Å². The molecule has 0 bridgehead atoms. The Labute approximate surface area is 137 Å². The molecule has 1 atom stereocenters. The molecule has 0 unspecified atom stereocenters. The van der Waals surface area contributed by atoms with Crippen LogP contribution in [0.1, 0.15) is 33.3 Å². The molecule has 1 fully saturated rings. The molecule has 0 spiro atoms. The smallest absolute Gasteiger partial charge is 0.410 e. The van der Waals surface area contributed by atoms with E-state index in [1.54, 1.807) is 17.2 Å². The van der Waals surface area contributed by atoms with Gasteiger partial charge >= 0.3 is 6.09 Å². The molecule has 23 heavy (non-hydrogen) atoms. The molecule has 0 aromatic carbocycles. The molecule has 2 heterocycles. The van der Waals surface area contributed by atoms with Gasteiger partial charge < -0.3 is 9.64 Å². The van der Waals surface area contributed by atoms with Gasteiger partial charge in [-0.2, -0.15) is 4.39 Å². The summed E-state index contributed by atoms with van der Waals surface area (Å²) in [6, 6.07) is 3.42. The lowest BCUT2D eigenvalue weighted by Gasteiger charge is -2.40. The van der Waals surface area contributed by atoms with E-state index in [-0.39, 0.29) is 12.1 Å². The van der Waals surface area contributed by atoms with Gasteiger partial charge in [-0.1, -0.05) is 6.07 Å². The van der Waals surface area contributed by atoms with Crippen molar-refractivity contribution in [3.63, 3.8) is 0 Å². The third kappa shape index (κ3) is 5.46. The average molecular weight is 323 g/mol. The SMILES string of the molecule is C[C@H]1CN(C(=O)OC(C)(C)C)CCN1CCc1ccc(F)nc1. The normalized spacial score (nSPS) is 19.7. The quantitative estimate of drug-likeness (QED) is 0.803. The van der Waals surface area contributed by atoms with Crippen LogP contribution in [0.3, 0.4) is 0 Å². The highest BCUT2D eigenvalue weighted by Crippen LogP contribution is 2.15. The monoisotopic (exact) mass is 323 g/mol. The lowest BCUT2D eigenvalue weighted by molar-refractivity contribution is 0.00598. The van der Waals surface area contributed by atoms with E-state index in [2.05, 4.69) is 16.8 Å². The van der Waals surface area contributed by atoms with Crippen molar-refractivity contribution in [2.45, 2.75) is 45.8 Å². The van der Waals surface area contributed by atoms with Crippen molar-refractivity contribution in [3.8, 4) is 0 Å². The zero-order chi connectivity index (χ0) is 17.0. The van der Waals surface area contributed by atoms with E-state index in [0.717, 1.165) is 25.1 Å². The molecule has 0 saturated carbocycles. The van der Waals surface area contributed by atoms with E-state index in [9.17, 15) is 9.18 Å². The number of pyridine rings is 1. The van der Waals surface area contributed by atoms with Gasteiger partial charge in [-0.3, -0.25) is 4.90 Å². The van der Waals surface area contributed by atoms with Crippen molar-refractivity contribution in [2.24, 2.45) is 0 Å². The van der Waals surface area contributed by atoms with E-state index in [1.165, 1.54) is 6.07 Å². The van der Waals surface area contributed by atoms with Gasteiger partial charge in [-0.15, -0.1) is 0 Å². The van der Waals surface area contributed by atoms with Crippen LogP contribution in [0.25, 0.3) is 0 Å². The summed E-state index contributed by atoms with van der Waals surface area (Å²) in [6.45, 7) is 10.8. The summed E-state index contributed by atoms with van der Waals surface area (Å²) in [7, 11) is 0. The van der Waals surface area contributed by atoms with Crippen LogP contribution in [-0.2, 0) is 11.2 Å². The van der Waals surface area contributed by atoms with Crippen LogP contribution in [0.15, 0.2) is 18.3 Å². The van der Waals surface area contributed by atoms with Crippen LogP contribution in [0.4, 0.5) is 9.18 Å². The van der Waals surface area contributed by atoms with Crippen LogP contribution in [0, 0.1) is 5.95 Å². The second-order valence-electron chi connectivity index (χ2n) is 7.05. The number of hydrogen-bond donors (Lipinski definition) is 0. The Kier molecular flexibility index (Phi) is 5.57. The molecule has 6 heteroatoms. The molecule has 1 saturated heterocycles. The van der Waals surface area contributed by atoms with Crippen molar-refractivity contribution in [2.75, 3.05) is 26.2 Å². The Hall–Kier alpha value is -1.69. The number of rotatable bonds is 3. The Balaban J connectivity index is 1.82. The number of amides is 1. The van der Waals surface area contributed by atoms with Crippen molar-refractivity contribution >= 4 is 6.09 Å². The highest BCUT2D eigenvalue weighted by atomic mass is 19.1. The zero-order valence-corrected chi connectivity index (χ0v) is 14.4. The predicted octanol–water partition coefficient (Wildman–Crippen LogP) is 2.70. The van der Waals surface area contributed by atoms with Gasteiger partial charge in [-0.05, 0) is 45.7 Å². The molecule has 1 aliphatic heterocycles. The lowest BCUT2D eigenvalue weighted by Crippen LogP contribution is -2.54. The van der Waals surface area contributed by atoms with Crippen LogP contribution in [0.2, 0.25) is 0 Å². The van der Waals surface area contributed by atoms with Gasteiger partial charge in [0.1, 0.15) is 5.60 Å². The average Bonchev–Trinajstić information content (AvgIpc) is 2.46. The molecule has 0 N–H and O–H groups in total. The molecule has 1 aromatic heterocycles. The van der Waals surface area contributed by atoms with E-state index in [4.69, 9.17) is 4.74 Å². The molecule has 1 aromatic rings. The summed E-state index contributed by atoms with van der Waals surface area (Å²) in [5.41, 5.74) is 0.556. The number of halogens is 1. The Morgan fingerprint density at radius 3 is 2.70 bits per heavy atom. The van der Waals surface area contributed by atoms with Gasteiger partial charge in [0, 0.05) is 38.4 Å². The van der Waals surface area contributed by atoms with Crippen LogP contribution >= 0.6 is 0 Å². The van der Waals surface area contributed by atoms with Crippen molar-refractivity contribution < 1.29 is 13.9 Å². The first-order valence-corrected chi connectivity index (χ1v) is 8.07. The Morgan fingerprint density at radius 2 is 2.13 bits per heavy atom. The summed E-state index contributed by atoms with van der Waals surface area (Å²) in [5.74, 6) is -0.451. The number of carbonyl (C=O) groups excluding carboxylic acids is 1. The second kappa shape index (κ2) is 7.25. The first-order valence-electron chi connectivity index (χ1n) is 8.07. The standard InChI is InChI=1S/C17H26FN3O2/c1-13-12-21(16(22)23-17(2,3)4)10-9-20(13)8-7-14-5-6-15(18)19-11-14/h5-6,11,13H,7-10,12H2,1-4H3/t13-/m0/s1. The maximum absolute atomic E-state index is 12.8. The third-order valence-corrected chi connectivity index (χ3v) is 3.89. The first kappa shape index (κ1) is 17.7. The van der Waals surface area contributed by atoms with Crippen LogP contribution < -0.4 is 0 Å². The largest absolute Gasteiger partial charge is 0.444 e. The zero-order valence-electron chi connectivity index (χ0n) is 14.4. The van der Waals surface area contributed by atoms with E-state index < -0.39 is 11.5 Å². The van der Waals surface area contributed by atoms with Crippen LogP contribution in [0.5, 0.6) is 0 Å². The fraction of sp³-hybridized carbons (Fsp3) is 0.647. The highest BCUT2D eigenvalue weighted by Gasteiger charge is 2.29. The number of carbonyl (C=O) groups is 1. The minimum atomic E-state index is -0.465. The van der Waals surface area contributed by atoms with Gasteiger partial charge in [0.15, 0.2) is 0 Å². The summed E-state index contributed by atoms with van der Waals surface area (Å²) in [4.78, 5) is 19.9. The maximum atomic E-state index is 12.8. The number of piperazine rings is 1. The van der Waals surface area contributed by atoms with Crippen LogP contribution in [-0.4, -0.2) is 58.7 Å². The molecule has 0 aliphatic carbocycles. The summed E-state index contributed by atoms with van der Waals surface area (Å²) < 4.78 is 18.2. The summed E-state index contributed by atoms with van der Waals surface area (Å²) in [6.07, 6.45) is 2.16. The molecule has 2 rings (SSSR count). The minimum Gasteiger partial charge on any atom is -0.444 e. The van der Waals surface area contributed by atoms with Crippen molar-refractivity contribution in [1.82, 2.24) is 14.8 Å². The van der Waals surface area contributed by atoms with E-state index in [1.807, 2.05) is 20.8 Å². The van der Waals surface area contributed by atoms with E-state index >= 15 is 0 Å². The molecule has 1 amide bonds. The number of hydrogen-bond acceptors (Lipinski definition) is 4. The van der Waals surface area contributed by atoms with Gasteiger partial charge in [0.05, 0.1) is 0 Å². The number of ether oxygens (including phenoxy) is 1. The molecular weight excluding hydrogens is 297 g/mol. The number of aromatic nitrogens is 1. The molecule has 1 aliphatic rings. The summed E-state index contributed by atoms with van der Waals surface area (Å²) in [5, 5.41) is 0. The predicted molar refractivity (Wildman–Crippen MR) is 86.7 cm³/mol. The lowest BCUT2D eigenvalue weighted by atomic mass is 10.1. The fourth-order valence-electron chi connectivity index (χ4n) is 2.65. The fourth-order valence-corrected chi connectivity index (χ4v) is 2.65. The second-order valence-corrected chi connectivity index (χ2v) is 7.05.